The third-order valence-corrected chi connectivity index (χ3v) is 1.97. The monoisotopic (exact) mass is 254 g/mol. The first kappa shape index (κ1) is 16.0. The fourth-order valence-corrected chi connectivity index (χ4v) is 1.12. The van der Waals surface area contributed by atoms with Gasteiger partial charge in [0, 0.05) is 6.42 Å². The first-order valence-corrected chi connectivity index (χ1v) is 5.59. The number of allylic oxidation sites excluding steroid dienone is 1. The second kappa shape index (κ2) is 10.2. The minimum absolute atomic E-state index is 0.0592. The first-order valence-electron chi connectivity index (χ1n) is 5.59. The van der Waals surface area contributed by atoms with Crippen molar-refractivity contribution in [3.05, 3.63) is 12.7 Å². The van der Waals surface area contributed by atoms with Gasteiger partial charge in [-0.2, -0.15) is 0 Å². The predicted octanol–water partition coefficient (Wildman–Crippen LogP) is 1.92. The Bertz CT molecular complexity index is 337. The van der Waals surface area contributed by atoms with Crippen molar-refractivity contribution >= 4 is 12.1 Å². The van der Waals surface area contributed by atoms with Gasteiger partial charge in [-0.25, -0.2) is 4.79 Å². The summed E-state index contributed by atoms with van der Waals surface area (Å²) in [6.45, 7) is 5.61. The van der Waals surface area contributed by atoms with E-state index in [0.29, 0.717) is 19.4 Å². The Morgan fingerprint density at radius 2 is 2.06 bits per heavy atom. The minimum Gasteiger partial charge on any atom is -0.466 e. The Labute approximate surface area is 107 Å². The van der Waals surface area contributed by atoms with Gasteiger partial charge < -0.3 is 14.2 Å². The van der Waals surface area contributed by atoms with Gasteiger partial charge in [-0.15, -0.1) is 6.58 Å². The molecule has 0 aromatic carbocycles. The Morgan fingerprint density at radius 3 is 2.61 bits per heavy atom. The van der Waals surface area contributed by atoms with E-state index < -0.39 is 6.16 Å². The van der Waals surface area contributed by atoms with Crippen LogP contribution in [0.4, 0.5) is 4.79 Å². The van der Waals surface area contributed by atoms with E-state index in [4.69, 9.17) is 4.74 Å². The molecule has 0 saturated heterocycles. The highest BCUT2D eigenvalue weighted by atomic mass is 16.7. The highest BCUT2D eigenvalue weighted by Gasteiger charge is 2.16. The summed E-state index contributed by atoms with van der Waals surface area (Å²) in [6, 6.07) is 0. The van der Waals surface area contributed by atoms with Crippen molar-refractivity contribution in [3.63, 3.8) is 0 Å². The van der Waals surface area contributed by atoms with Crippen LogP contribution in [0.5, 0.6) is 0 Å². The Hall–Kier alpha value is -1.96. The maximum absolute atomic E-state index is 11.5. The van der Waals surface area contributed by atoms with Crippen LogP contribution < -0.4 is 0 Å². The lowest BCUT2D eigenvalue weighted by molar-refractivity contribution is -0.147. The SMILES string of the molecule is C=CCC(CC#CCOC(=O)OC)C(=O)OCC. The Morgan fingerprint density at radius 1 is 1.33 bits per heavy atom. The number of methoxy groups -OCH3 is 1. The van der Waals surface area contributed by atoms with Crippen LogP contribution in [0.1, 0.15) is 19.8 Å². The van der Waals surface area contributed by atoms with E-state index in [1.54, 1.807) is 13.0 Å². The second-order valence-corrected chi connectivity index (χ2v) is 3.27. The number of rotatable bonds is 6. The molecule has 0 bridgehead atoms. The number of hydrogen-bond acceptors (Lipinski definition) is 5. The van der Waals surface area contributed by atoms with Gasteiger partial charge in [-0.3, -0.25) is 4.79 Å². The molecule has 0 aliphatic rings. The topological polar surface area (TPSA) is 61.8 Å². The number of ether oxygens (including phenoxy) is 3. The Kier molecular flexibility index (Phi) is 9.10. The average Bonchev–Trinajstić information content (AvgIpc) is 2.37. The average molecular weight is 254 g/mol. The molecule has 0 aliphatic heterocycles. The van der Waals surface area contributed by atoms with E-state index in [1.807, 2.05) is 0 Å². The summed E-state index contributed by atoms with van der Waals surface area (Å²) in [4.78, 5) is 22.1. The van der Waals surface area contributed by atoms with E-state index in [9.17, 15) is 9.59 Å². The highest BCUT2D eigenvalue weighted by Crippen LogP contribution is 2.10. The molecule has 0 aromatic heterocycles. The van der Waals surface area contributed by atoms with E-state index in [2.05, 4.69) is 27.9 Å². The molecule has 0 spiro atoms. The lowest BCUT2D eigenvalue weighted by atomic mass is 10.0. The van der Waals surface area contributed by atoms with Gasteiger partial charge in [0.2, 0.25) is 0 Å². The summed E-state index contributed by atoms with van der Waals surface area (Å²) in [5.41, 5.74) is 0. The highest BCUT2D eigenvalue weighted by molar-refractivity contribution is 5.73. The van der Waals surface area contributed by atoms with Crippen LogP contribution in [0.2, 0.25) is 0 Å². The molecule has 18 heavy (non-hydrogen) atoms. The third-order valence-electron chi connectivity index (χ3n) is 1.97. The van der Waals surface area contributed by atoms with E-state index in [0.717, 1.165) is 0 Å². The molecule has 0 aromatic rings. The summed E-state index contributed by atoms with van der Waals surface area (Å²) in [5, 5.41) is 0. The van der Waals surface area contributed by atoms with Gasteiger partial charge in [0.25, 0.3) is 0 Å². The van der Waals surface area contributed by atoms with Gasteiger partial charge in [0.1, 0.15) is 0 Å². The maximum atomic E-state index is 11.5. The van der Waals surface area contributed by atoms with Crippen LogP contribution in [0.3, 0.4) is 0 Å². The smallest absolute Gasteiger partial charge is 0.466 e. The second-order valence-electron chi connectivity index (χ2n) is 3.27. The summed E-state index contributed by atoms with van der Waals surface area (Å²) < 4.78 is 13.7. The first-order chi connectivity index (χ1) is 8.65. The van der Waals surface area contributed by atoms with E-state index in [1.165, 1.54) is 7.11 Å². The lowest BCUT2D eigenvalue weighted by Crippen LogP contribution is -2.16. The molecular weight excluding hydrogens is 236 g/mol. The van der Waals surface area contributed by atoms with E-state index >= 15 is 0 Å². The van der Waals surface area contributed by atoms with Crippen molar-refractivity contribution in [2.75, 3.05) is 20.3 Å². The summed E-state index contributed by atoms with van der Waals surface area (Å²) in [6.07, 6.45) is 1.71. The normalized spacial score (nSPS) is 10.6. The number of esters is 1. The number of carbonyl (C=O) groups is 2. The van der Waals surface area contributed by atoms with Crippen molar-refractivity contribution in [1.29, 1.82) is 0 Å². The molecule has 5 heteroatoms. The zero-order valence-electron chi connectivity index (χ0n) is 10.7. The molecule has 5 nitrogen and oxygen atoms in total. The molecular formula is C13H18O5. The van der Waals surface area contributed by atoms with Crippen LogP contribution in [-0.4, -0.2) is 32.4 Å². The number of hydrogen-bond donors (Lipinski definition) is 0. The van der Waals surface area contributed by atoms with Gasteiger partial charge in [-0.05, 0) is 13.3 Å². The van der Waals surface area contributed by atoms with E-state index in [-0.39, 0.29) is 18.5 Å². The molecule has 0 fully saturated rings. The fraction of sp³-hybridized carbons (Fsp3) is 0.538. The number of carbonyl (C=O) groups excluding carboxylic acids is 2. The lowest BCUT2D eigenvalue weighted by Gasteiger charge is -2.09. The van der Waals surface area contributed by atoms with Crippen molar-refractivity contribution in [1.82, 2.24) is 0 Å². The summed E-state index contributed by atoms with van der Waals surface area (Å²) in [5.74, 6) is 4.76. The van der Waals surface area contributed by atoms with Crippen LogP contribution >= 0.6 is 0 Å². The van der Waals surface area contributed by atoms with Crippen molar-refractivity contribution in [2.24, 2.45) is 5.92 Å². The zero-order chi connectivity index (χ0) is 13.8. The zero-order valence-corrected chi connectivity index (χ0v) is 10.7. The van der Waals surface area contributed by atoms with Gasteiger partial charge in [0.05, 0.1) is 19.6 Å². The molecule has 0 N–H and O–H groups in total. The van der Waals surface area contributed by atoms with Gasteiger partial charge >= 0.3 is 12.1 Å². The quantitative estimate of drug-likeness (QED) is 0.411. The molecule has 100 valence electrons. The van der Waals surface area contributed by atoms with Gasteiger partial charge in [-0.1, -0.05) is 17.9 Å². The summed E-state index contributed by atoms with van der Waals surface area (Å²) >= 11 is 0. The molecule has 0 saturated carbocycles. The fourth-order valence-electron chi connectivity index (χ4n) is 1.12. The summed E-state index contributed by atoms with van der Waals surface area (Å²) in [7, 11) is 1.22. The van der Waals surface area contributed by atoms with Crippen molar-refractivity contribution in [2.45, 2.75) is 19.8 Å². The molecule has 0 rings (SSSR count). The molecule has 0 heterocycles. The van der Waals surface area contributed by atoms with Crippen LogP contribution in [0.15, 0.2) is 12.7 Å². The van der Waals surface area contributed by atoms with Crippen LogP contribution in [0, 0.1) is 17.8 Å². The molecule has 0 radical (unpaired) electrons. The Balaban J connectivity index is 4.10. The molecule has 0 amide bonds. The van der Waals surface area contributed by atoms with Crippen LogP contribution in [-0.2, 0) is 19.0 Å². The molecule has 0 aliphatic carbocycles. The van der Waals surface area contributed by atoms with Crippen LogP contribution in [0.25, 0.3) is 0 Å². The minimum atomic E-state index is -0.780. The van der Waals surface area contributed by atoms with Crippen molar-refractivity contribution in [3.8, 4) is 11.8 Å². The standard InChI is InChI=1S/C13H18O5/c1-4-8-11(12(14)17-5-2)9-6-7-10-18-13(15)16-3/h4,11H,1,5,8-10H2,2-3H3. The van der Waals surface area contributed by atoms with Crippen molar-refractivity contribution < 1.29 is 23.8 Å². The molecule has 1 unspecified atom stereocenters. The maximum Gasteiger partial charge on any atom is 0.508 e. The predicted molar refractivity (Wildman–Crippen MR) is 65.7 cm³/mol. The largest absolute Gasteiger partial charge is 0.508 e. The third kappa shape index (κ3) is 7.34. The molecule has 1 atom stereocenters. The van der Waals surface area contributed by atoms with Gasteiger partial charge in [0.15, 0.2) is 6.61 Å².